The minimum Gasteiger partial charge on any atom is -0.403 e. The molecule has 1 heterocycles. The Hall–Kier alpha value is -0.880. The first-order chi connectivity index (χ1) is 8.42. The second kappa shape index (κ2) is 5.25. The van der Waals surface area contributed by atoms with Gasteiger partial charge < -0.3 is 4.74 Å². The molecular formula is C8H2F8INO. The van der Waals surface area contributed by atoms with Crippen molar-refractivity contribution in [3.63, 3.8) is 0 Å². The predicted molar refractivity (Wildman–Crippen MR) is 53.6 cm³/mol. The summed E-state index contributed by atoms with van der Waals surface area (Å²) >= 11 is 1.14. The maximum Gasteiger partial charge on any atom is 0.573 e. The minimum absolute atomic E-state index is 0.214. The Balaban J connectivity index is 3.41. The van der Waals surface area contributed by atoms with Crippen molar-refractivity contribution < 1.29 is 39.9 Å². The maximum atomic E-state index is 12.4. The van der Waals surface area contributed by atoms with E-state index in [0.717, 1.165) is 22.6 Å². The molecule has 1 rings (SSSR count). The molecular weight excluding hydrogens is 405 g/mol. The summed E-state index contributed by atoms with van der Waals surface area (Å²) in [6.07, 6.45) is -14.1. The van der Waals surface area contributed by atoms with Crippen LogP contribution in [0.1, 0.15) is 17.8 Å². The van der Waals surface area contributed by atoms with Gasteiger partial charge >= 0.3 is 12.5 Å². The van der Waals surface area contributed by atoms with Crippen LogP contribution in [0.25, 0.3) is 0 Å². The Bertz CT molecular complexity index is 469. The highest BCUT2D eigenvalue weighted by Gasteiger charge is 2.42. The van der Waals surface area contributed by atoms with Crippen LogP contribution < -0.4 is 4.74 Å². The van der Waals surface area contributed by atoms with E-state index in [0.29, 0.717) is 0 Å². The van der Waals surface area contributed by atoms with Crippen LogP contribution in [0.15, 0.2) is 6.07 Å². The van der Waals surface area contributed by atoms with Crippen LogP contribution in [-0.4, -0.2) is 11.3 Å². The molecule has 19 heavy (non-hydrogen) atoms. The van der Waals surface area contributed by atoms with E-state index >= 15 is 0 Å². The molecule has 0 spiro atoms. The molecule has 0 fully saturated rings. The van der Waals surface area contributed by atoms with E-state index < -0.39 is 39.7 Å². The Kier molecular flexibility index (Phi) is 4.47. The molecule has 0 amide bonds. The van der Waals surface area contributed by atoms with Gasteiger partial charge in [-0.1, -0.05) is 0 Å². The highest BCUT2D eigenvalue weighted by molar-refractivity contribution is 14.1. The molecule has 0 atom stereocenters. The molecule has 0 aromatic carbocycles. The second-order valence-electron chi connectivity index (χ2n) is 3.05. The first-order valence-electron chi connectivity index (χ1n) is 4.23. The summed E-state index contributed by atoms with van der Waals surface area (Å²) in [6.45, 7) is 0. The molecule has 11 heteroatoms. The quantitative estimate of drug-likeness (QED) is 0.531. The monoisotopic (exact) mass is 407 g/mol. The lowest BCUT2D eigenvalue weighted by atomic mass is 10.2. The van der Waals surface area contributed by atoms with Gasteiger partial charge in [-0.05, 0) is 28.7 Å². The fourth-order valence-electron chi connectivity index (χ4n) is 1.04. The molecule has 0 unspecified atom stereocenters. The topological polar surface area (TPSA) is 22.1 Å². The van der Waals surface area contributed by atoms with Crippen LogP contribution in [0.3, 0.4) is 0 Å². The molecule has 0 aliphatic rings. The smallest absolute Gasteiger partial charge is 0.403 e. The molecule has 0 aliphatic heterocycles. The van der Waals surface area contributed by atoms with Gasteiger partial charge in [-0.2, -0.15) is 13.2 Å². The van der Waals surface area contributed by atoms with Crippen LogP contribution >= 0.6 is 22.6 Å². The molecule has 2 nitrogen and oxygen atoms in total. The van der Waals surface area contributed by atoms with Gasteiger partial charge in [0.2, 0.25) is 0 Å². The van der Waals surface area contributed by atoms with Crippen LogP contribution in [0.5, 0.6) is 5.75 Å². The average molecular weight is 407 g/mol. The summed E-state index contributed by atoms with van der Waals surface area (Å²) in [5.74, 6) is -1.67. The molecule has 1 aromatic heterocycles. The summed E-state index contributed by atoms with van der Waals surface area (Å²) in [7, 11) is 0. The van der Waals surface area contributed by atoms with Crippen molar-refractivity contribution in [3.8, 4) is 5.75 Å². The standard InChI is InChI=1S/C8H2F8INO/c9-6(10)4-2(17)1-3(19-8(14,15)16)5(18-4)7(11,12)13/h1,6H. The number of halogens is 9. The lowest BCUT2D eigenvalue weighted by Gasteiger charge is -2.16. The van der Waals surface area contributed by atoms with Gasteiger partial charge in [0.05, 0.1) is 0 Å². The third kappa shape index (κ3) is 4.31. The van der Waals surface area contributed by atoms with Gasteiger partial charge in [0, 0.05) is 3.57 Å². The number of aromatic nitrogens is 1. The van der Waals surface area contributed by atoms with E-state index in [4.69, 9.17) is 0 Å². The van der Waals surface area contributed by atoms with Gasteiger partial charge in [0.1, 0.15) is 5.69 Å². The van der Waals surface area contributed by atoms with Crippen molar-refractivity contribution in [2.45, 2.75) is 19.0 Å². The molecule has 0 N–H and O–H groups in total. The highest BCUT2D eigenvalue weighted by Crippen LogP contribution is 2.39. The number of alkyl halides is 8. The number of ether oxygens (including phenoxy) is 1. The summed E-state index contributed by atoms with van der Waals surface area (Å²) in [4.78, 5) is 2.52. The number of hydrogen-bond donors (Lipinski definition) is 0. The van der Waals surface area contributed by atoms with E-state index in [1.165, 1.54) is 0 Å². The fraction of sp³-hybridized carbons (Fsp3) is 0.375. The Labute approximate surface area is 113 Å². The van der Waals surface area contributed by atoms with E-state index in [2.05, 4.69) is 9.72 Å². The number of pyridine rings is 1. The zero-order chi connectivity index (χ0) is 15.0. The third-order valence-corrected chi connectivity index (χ3v) is 2.53. The first-order valence-corrected chi connectivity index (χ1v) is 5.31. The first kappa shape index (κ1) is 16.2. The zero-order valence-corrected chi connectivity index (χ0v) is 10.6. The van der Waals surface area contributed by atoms with Gasteiger partial charge in [0.15, 0.2) is 11.4 Å². The largest absolute Gasteiger partial charge is 0.573 e. The fourth-order valence-corrected chi connectivity index (χ4v) is 1.68. The Morgan fingerprint density at radius 1 is 1.11 bits per heavy atom. The van der Waals surface area contributed by atoms with Gasteiger partial charge in [-0.15, -0.1) is 13.2 Å². The molecule has 0 saturated carbocycles. The van der Waals surface area contributed by atoms with Crippen LogP contribution in [0.2, 0.25) is 0 Å². The Morgan fingerprint density at radius 3 is 2.00 bits per heavy atom. The van der Waals surface area contributed by atoms with Crippen molar-refractivity contribution in [1.29, 1.82) is 0 Å². The van der Waals surface area contributed by atoms with E-state index in [1.807, 2.05) is 0 Å². The van der Waals surface area contributed by atoms with E-state index in [1.54, 1.807) is 0 Å². The zero-order valence-electron chi connectivity index (χ0n) is 8.41. The normalized spacial score (nSPS) is 12.9. The number of rotatable bonds is 2. The van der Waals surface area contributed by atoms with Gasteiger partial charge in [-0.25, -0.2) is 13.8 Å². The summed E-state index contributed by atoms with van der Waals surface area (Å²) < 4.78 is 100. The van der Waals surface area contributed by atoms with Crippen LogP contribution in [0.4, 0.5) is 35.1 Å². The van der Waals surface area contributed by atoms with Gasteiger partial charge in [0.25, 0.3) is 6.43 Å². The lowest BCUT2D eigenvalue weighted by Crippen LogP contribution is -2.22. The minimum atomic E-state index is -5.39. The molecule has 108 valence electrons. The van der Waals surface area contributed by atoms with Crippen molar-refractivity contribution in [3.05, 3.63) is 21.0 Å². The predicted octanol–water partition coefficient (Wildman–Crippen LogP) is 4.54. The molecule has 0 saturated heterocycles. The average Bonchev–Trinajstić information content (AvgIpc) is 2.11. The molecule has 1 aromatic rings. The molecule has 0 aliphatic carbocycles. The lowest BCUT2D eigenvalue weighted by molar-refractivity contribution is -0.276. The van der Waals surface area contributed by atoms with E-state index in [9.17, 15) is 35.1 Å². The second-order valence-corrected chi connectivity index (χ2v) is 4.21. The molecule has 0 bridgehead atoms. The number of nitrogens with zero attached hydrogens (tertiary/aromatic N) is 1. The van der Waals surface area contributed by atoms with Gasteiger partial charge in [-0.3, -0.25) is 0 Å². The highest BCUT2D eigenvalue weighted by atomic mass is 127. The van der Waals surface area contributed by atoms with E-state index in [-0.39, 0.29) is 6.07 Å². The van der Waals surface area contributed by atoms with Crippen LogP contribution in [-0.2, 0) is 6.18 Å². The SMILES string of the molecule is FC(F)c1nc(C(F)(F)F)c(OC(F)(F)F)cc1I. The Morgan fingerprint density at radius 2 is 1.63 bits per heavy atom. The van der Waals surface area contributed by atoms with Crippen molar-refractivity contribution in [1.82, 2.24) is 4.98 Å². The van der Waals surface area contributed by atoms with Crippen molar-refractivity contribution in [2.75, 3.05) is 0 Å². The van der Waals surface area contributed by atoms with Crippen LogP contribution in [0, 0.1) is 3.57 Å². The summed E-state index contributed by atoms with van der Waals surface area (Å²) in [5, 5.41) is 0. The summed E-state index contributed by atoms with van der Waals surface area (Å²) in [6, 6.07) is 0.214. The molecule has 0 radical (unpaired) electrons. The van der Waals surface area contributed by atoms with Crippen molar-refractivity contribution in [2.24, 2.45) is 0 Å². The van der Waals surface area contributed by atoms with Crippen molar-refractivity contribution >= 4 is 22.6 Å². The summed E-state index contributed by atoms with van der Waals surface area (Å²) in [5.41, 5.74) is -3.41. The third-order valence-electron chi connectivity index (χ3n) is 1.67. The maximum absolute atomic E-state index is 12.4. The number of hydrogen-bond acceptors (Lipinski definition) is 2.